The van der Waals surface area contributed by atoms with E-state index >= 15 is 0 Å². The van der Waals surface area contributed by atoms with Gasteiger partial charge in [0.2, 0.25) is 0 Å². The Morgan fingerprint density at radius 2 is 2.00 bits per heavy atom. The van der Waals surface area contributed by atoms with E-state index in [0.717, 1.165) is 17.3 Å². The van der Waals surface area contributed by atoms with E-state index in [0.29, 0.717) is 23.1 Å². The Balaban J connectivity index is 2.36. The lowest BCUT2D eigenvalue weighted by Crippen LogP contribution is -2.28. The fraction of sp³-hybridized carbons (Fsp3) is 0.286. The van der Waals surface area contributed by atoms with Crippen molar-refractivity contribution in [3.05, 3.63) is 32.2 Å². The molecular formula is C14H12Br2N2O2. The van der Waals surface area contributed by atoms with Crippen molar-refractivity contribution in [2.75, 3.05) is 13.1 Å². The van der Waals surface area contributed by atoms with Gasteiger partial charge < -0.3 is 10.0 Å². The van der Waals surface area contributed by atoms with E-state index in [2.05, 4.69) is 31.9 Å². The van der Waals surface area contributed by atoms with Crippen LogP contribution < -0.4 is 0 Å². The van der Waals surface area contributed by atoms with Crippen molar-refractivity contribution in [3.8, 4) is 11.8 Å². The lowest BCUT2D eigenvalue weighted by Gasteiger charge is -2.14. The van der Waals surface area contributed by atoms with Crippen LogP contribution in [0.15, 0.2) is 26.7 Å². The molecule has 104 valence electrons. The topological polar surface area (TPSA) is 64.3 Å². The minimum atomic E-state index is -0.277. The Labute approximate surface area is 133 Å². The van der Waals surface area contributed by atoms with Crippen LogP contribution in [-0.2, 0) is 4.79 Å². The van der Waals surface area contributed by atoms with Crippen LogP contribution in [0.25, 0.3) is 6.08 Å². The Kier molecular flexibility index (Phi) is 4.84. The average molecular weight is 400 g/mol. The number of hydrogen-bond donors (Lipinski definition) is 1. The first-order chi connectivity index (χ1) is 9.52. The zero-order valence-electron chi connectivity index (χ0n) is 10.6. The van der Waals surface area contributed by atoms with Crippen LogP contribution in [-0.4, -0.2) is 29.0 Å². The van der Waals surface area contributed by atoms with Crippen LogP contribution in [0, 0.1) is 11.3 Å². The third-order valence-corrected chi connectivity index (χ3v) is 4.16. The second kappa shape index (κ2) is 6.42. The van der Waals surface area contributed by atoms with Gasteiger partial charge in [-0.15, -0.1) is 0 Å². The number of phenols is 1. The molecule has 0 aliphatic carbocycles. The van der Waals surface area contributed by atoms with E-state index in [-0.39, 0.29) is 17.2 Å². The molecule has 0 atom stereocenters. The number of rotatable bonds is 2. The van der Waals surface area contributed by atoms with Gasteiger partial charge in [-0.05, 0) is 47.0 Å². The first kappa shape index (κ1) is 15.1. The van der Waals surface area contributed by atoms with Gasteiger partial charge in [-0.25, -0.2) is 0 Å². The Bertz CT molecular complexity index is 614. The van der Waals surface area contributed by atoms with Crippen molar-refractivity contribution < 1.29 is 9.90 Å². The van der Waals surface area contributed by atoms with E-state index < -0.39 is 0 Å². The predicted octanol–water partition coefficient (Wildman–Crippen LogP) is 3.45. The minimum Gasteiger partial charge on any atom is -0.506 e. The van der Waals surface area contributed by atoms with Crippen molar-refractivity contribution >= 4 is 43.8 Å². The van der Waals surface area contributed by atoms with Crippen LogP contribution in [0.5, 0.6) is 5.75 Å². The molecule has 1 aromatic carbocycles. The first-order valence-corrected chi connectivity index (χ1v) is 7.70. The number of carbonyl (C=O) groups is 1. The summed E-state index contributed by atoms with van der Waals surface area (Å²) in [6, 6.07) is 5.28. The molecule has 0 saturated carbocycles. The lowest BCUT2D eigenvalue weighted by molar-refractivity contribution is -0.125. The molecule has 1 saturated heterocycles. The largest absolute Gasteiger partial charge is 0.506 e. The maximum Gasteiger partial charge on any atom is 0.264 e. The third-order valence-electron chi connectivity index (χ3n) is 3.10. The quantitative estimate of drug-likeness (QED) is 0.611. The number of benzene rings is 1. The maximum absolute atomic E-state index is 12.2. The second-order valence-corrected chi connectivity index (χ2v) is 6.26. The summed E-state index contributed by atoms with van der Waals surface area (Å²) in [4.78, 5) is 13.9. The summed E-state index contributed by atoms with van der Waals surface area (Å²) >= 11 is 6.54. The molecule has 0 spiro atoms. The first-order valence-electron chi connectivity index (χ1n) is 6.12. The molecule has 1 heterocycles. The van der Waals surface area contributed by atoms with Gasteiger partial charge in [0.05, 0.1) is 4.47 Å². The minimum absolute atomic E-state index is 0.00942. The van der Waals surface area contributed by atoms with Gasteiger partial charge in [0, 0.05) is 23.1 Å². The van der Waals surface area contributed by atoms with Gasteiger partial charge in [0.15, 0.2) is 0 Å². The van der Waals surface area contributed by atoms with Crippen molar-refractivity contribution in [1.29, 1.82) is 5.26 Å². The highest BCUT2D eigenvalue weighted by molar-refractivity contribution is 9.11. The molecule has 1 aliphatic rings. The third kappa shape index (κ3) is 3.22. The molecule has 0 radical (unpaired) electrons. The SMILES string of the molecule is N#CC(=Cc1cc(Br)cc(Br)c1O)C(=O)N1CCCC1. The fourth-order valence-corrected chi connectivity index (χ4v) is 3.34. The van der Waals surface area contributed by atoms with Crippen LogP contribution in [0.3, 0.4) is 0 Å². The Morgan fingerprint density at radius 1 is 1.35 bits per heavy atom. The number of amides is 1. The van der Waals surface area contributed by atoms with E-state index in [1.54, 1.807) is 17.0 Å². The number of phenolic OH excluding ortho intramolecular Hbond substituents is 1. The molecule has 4 nitrogen and oxygen atoms in total. The van der Waals surface area contributed by atoms with Crippen molar-refractivity contribution in [2.24, 2.45) is 0 Å². The fourth-order valence-electron chi connectivity index (χ4n) is 2.08. The van der Waals surface area contributed by atoms with E-state index in [9.17, 15) is 15.2 Å². The molecule has 1 aromatic rings. The number of halogens is 2. The summed E-state index contributed by atoms with van der Waals surface area (Å²) in [5.41, 5.74) is 0.461. The highest BCUT2D eigenvalue weighted by Gasteiger charge is 2.21. The highest BCUT2D eigenvalue weighted by atomic mass is 79.9. The standard InChI is InChI=1S/C14H12Br2N2O2/c15-11-6-9(13(19)12(16)7-11)5-10(8-17)14(20)18-3-1-2-4-18/h5-7,19H,1-4H2. The van der Waals surface area contributed by atoms with Crippen LogP contribution in [0.1, 0.15) is 18.4 Å². The van der Waals surface area contributed by atoms with Crippen molar-refractivity contribution in [2.45, 2.75) is 12.8 Å². The normalized spacial score (nSPS) is 15.2. The molecular weight excluding hydrogens is 388 g/mol. The van der Waals surface area contributed by atoms with E-state index in [1.165, 1.54) is 6.08 Å². The number of aromatic hydroxyl groups is 1. The van der Waals surface area contributed by atoms with Gasteiger partial charge in [-0.3, -0.25) is 4.79 Å². The van der Waals surface area contributed by atoms with Gasteiger partial charge in [-0.2, -0.15) is 5.26 Å². The second-order valence-electron chi connectivity index (χ2n) is 4.49. The Morgan fingerprint density at radius 3 is 2.60 bits per heavy atom. The molecule has 1 aliphatic heterocycles. The zero-order valence-corrected chi connectivity index (χ0v) is 13.7. The summed E-state index contributed by atoms with van der Waals surface area (Å²) in [5, 5.41) is 19.1. The number of likely N-dealkylation sites (tertiary alicyclic amines) is 1. The van der Waals surface area contributed by atoms with Gasteiger partial charge in [0.25, 0.3) is 5.91 Å². The summed E-state index contributed by atoms with van der Waals surface area (Å²) < 4.78 is 1.25. The highest BCUT2D eigenvalue weighted by Crippen LogP contribution is 2.33. The van der Waals surface area contributed by atoms with Crippen LogP contribution >= 0.6 is 31.9 Å². The predicted molar refractivity (Wildman–Crippen MR) is 82.9 cm³/mol. The summed E-state index contributed by atoms with van der Waals surface area (Å²) in [6.07, 6.45) is 3.36. The molecule has 6 heteroatoms. The van der Waals surface area contributed by atoms with Crippen molar-refractivity contribution in [3.63, 3.8) is 0 Å². The molecule has 1 amide bonds. The van der Waals surface area contributed by atoms with Gasteiger partial charge in [0.1, 0.15) is 17.4 Å². The monoisotopic (exact) mass is 398 g/mol. The molecule has 1 N–H and O–H groups in total. The van der Waals surface area contributed by atoms with E-state index in [1.807, 2.05) is 6.07 Å². The van der Waals surface area contributed by atoms with Gasteiger partial charge in [-0.1, -0.05) is 15.9 Å². The lowest BCUT2D eigenvalue weighted by atomic mass is 10.1. The van der Waals surface area contributed by atoms with Crippen LogP contribution in [0.4, 0.5) is 0 Å². The average Bonchev–Trinajstić information content (AvgIpc) is 2.94. The Hall–Kier alpha value is -1.32. The van der Waals surface area contributed by atoms with Gasteiger partial charge >= 0.3 is 0 Å². The summed E-state index contributed by atoms with van der Waals surface area (Å²) in [5.74, 6) is -0.268. The molecule has 20 heavy (non-hydrogen) atoms. The smallest absolute Gasteiger partial charge is 0.264 e. The molecule has 0 bridgehead atoms. The number of nitrogens with zero attached hydrogens (tertiary/aromatic N) is 2. The van der Waals surface area contributed by atoms with Crippen LogP contribution in [0.2, 0.25) is 0 Å². The summed E-state index contributed by atoms with van der Waals surface area (Å²) in [6.45, 7) is 1.37. The molecule has 0 aromatic heterocycles. The molecule has 1 fully saturated rings. The van der Waals surface area contributed by atoms with Crippen molar-refractivity contribution in [1.82, 2.24) is 4.90 Å². The number of carbonyl (C=O) groups excluding carboxylic acids is 1. The molecule has 0 unspecified atom stereocenters. The number of hydrogen-bond acceptors (Lipinski definition) is 3. The molecule has 2 rings (SSSR count). The summed E-state index contributed by atoms with van der Waals surface area (Å²) in [7, 11) is 0. The zero-order chi connectivity index (χ0) is 14.7. The van der Waals surface area contributed by atoms with E-state index in [4.69, 9.17) is 0 Å². The maximum atomic E-state index is 12.2. The number of nitriles is 1.